The number of aromatic nitrogens is 2. The van der Waals surface area contributed by atoms with Gasteiger partial charge in [-0.2, -0.15) is 4.98 Å². The van der Waals surface area contributed by atoms with E-state index >= 15 is 0 Å². The highest BCUT2D eigenvalue weighted by atomic mass is 28.4. The van der Waals surface area contributed by atoms with E-state index in [1.54, 1.807) is 6.92 Å². The van der Waals surface area contributed by atoms with Crippen LogP contribution in [0.25, 0.3) is 6.08 Å². The van der Waals surface area contributed by atoms with E-state index in [9.17, 15) is 4.79 Å². The van der Waals surface area contributed by atoms with Crippen LogP contribution >= 0.6 is 0 Å². The third kappa shape index (κ3) is 5.06. The number of carbonyl (C=O) groups excluding carboxylic acids is 1. The number of hydrogen-bond donors (Lipinski definition) is 0. The van der Waals surface area contributed by atoms with E-state index in [1.807, 2.05) is 6.92 Å². The van der Waals surface area contributed by atoms with Crippen LogP contribution in [0.2, 0.25) is 18.1 Å². The summed E-state index contributed by atoms with van der Waals surface area (Å²) < 4.78 is 16.1. The van der Waals surface area contributed by atoms with Gasteiger partial charge in [-0.3, -0.25) is 0 Å². The van der Waals surface area contributed by atoms with E-state index in [4.69, 9.17) is 13.7 Å². The van der Waals surface area contributed by atoms with Gasteiger partial charge in [-0.25, -0.2) is 4.79 Å². The molecule has 6 nitrogen and oxygen atoms in total. The predicted molar refractivity (Wildman–Crippen MR) is 86.7 cm³/mol. The van der Waals surface area contributed by atoms with Crippen molar-refractivity contribution in [3.8, 4) is 0 Å². The van der Waals surface area contributed by atoms with E-state index in [1.165, 1.54) is 12.2 Å². The molecule has 0 radical (unpaired) electrons. The van der Waals surface area contributed by atoms with E-state index < -0.39 is 14.3 Å². The Balaban J connectivity index is 2.73. The summed E-state index contributed by atoms with van der Waals surface area (Å²) in [6.07, 6.45) is 2.45. The Labute approximate surface area is 133 Å². The molecule has 0 fully saturated rings. The molecule has 1 aromatic rings. The van der Waals surface area contributed by atoms with Crippen molar-refractivity contribution < 1.29 is 18.5 Å². The fourth-order valence-corrected chi connectivity index (χ4v) is 2.82. The molecular formula is C15H26N2O4Si. The van der Waals surface area contributed by atoms with Gasteiger partial charge in [-0.05, 0) is 32.0 Å². The average molecular weight is 326 g/mol. The standard InChI is InChI=1S/C15H26N2O4Si/c1-8-19-13(18)10-9-12-16-14(17-20-12)11(2)21-22(6,7)15(3,4)5/h9-11H,8H2,1-7H3/b10-9+/t11-/m0/s1. The second-order valence-electron chi connectivity index (χ2n) is 6.60. The summed E-state index contributed by atoms with van der Waals surface area (Å²) in [7, 11) is -1.90. The fraction of sp³-hybridized carbons (Fsp3) is 0.667. The minimum atomic E-state index is -1.90. The summed E-state index contributed by atoms with van der Waals surface area (Å²) in [6.45, 7) is 14.9. The highest BCUT2D eigenvalue weighted by Crippen LogP contribution is 2.39. The third-order valence-electron chi connectivity index (χ3n) is 3.75. The molecule has 1 aromatic heterocycles. The van der Waals surface area contributed by atoms with Gasteiger partial charge in [0.05, 0.1) is 6.61 Å². The summed E-state index contributed by atoms with van der Waals surface area (Å²) in [5.74, 6) is 0.301. The molecule has 7 heteroatoms. The van der Waals surface area contributed by atoms with E-state index in [0.717, 1.165) is 0 Å². The highest BCUT2D eigenvalue weighted by molar-refractivity contribution is 6.74. The van der Waals surface area contributed by atoms with E-state index in [0.29, 0.717) is 12.4 Å². The minimum Gasteiger partial charge on any atom is -0.463 e. The fourth-order valence-electron chi connectivity index (χ4n) is 1.48. The lowest BCUT2D eigenvalue weighted by Gasteiger charge is -2.37. The van der Waals surface area contributed by atoms with Gasteiger partial charge >= 0.3 is 5.97 Å². The summed E-state index contributed by atoms with van der Waals surface area (Å²) in [6, 6.07) is 0. The van der Waals surface area contributed by atoms with Crippen molar-refractivity contribution in [1.82, 2.24) is 10.1 Å². The van der Waals surface area contributed by atoms with Crippen molar-refractivity contribution in [2.75, 3.05) is 6.61 Å². The zero-order chi connectivity index (χ0) is 17.0. The molecule has 124 valence electrons. The van der Waals surface area contributed by atoms with Gasteiger partial charge in [0, 0.05) is 12.2 Å². The molecule has 22 heavy (non-hydrogen) atoms. The minimum absolute atomic E-state index is 0.109. The Hall–Kier alpha value is -1.47. The predicted octanol–water partition coefficient (Wildman–Crippen LogP) is 3.73. The summed E-state index contributed by atoms with van der Waals surface area (Å²) in [4.78, 5) is 15.5. The second kappa shape index (κ2) is 7.19. The number of esters is 1. The van der Waals surface area contributed by atoms with Crippen molar-refractivity contribution >= 4 is 20.4 Å². The van der Waals surface area contributed by atoms with Crippen molar-refractivity contribution in [2.45, 2.75) is 58.9 Å². The van der Waals surface area contributed by atoms with E-state index in [2.05, 4.69) is 44.0 Å². The maximum atomic E-state index is 11.2. The number of ether oxygens (including phenoxy) is 1. The Bertz CT molecular complexity index is 532. The van der Waals surface area contributed by atoms with Crippen LogP contribution in [0.4, 0.5) is 0 Å². The SMILES string of the molecule is CCOC(=O)/C=C/c1nc([C@H](C)O[Si](C)(C)C(C)(C)C)no1. The van der Waals surface area contributed by atoms with Crippen molar-refractivity contribution in [2.24, 2.45) is 0 Å². The van der Waals surface area contributed by atoms with Crippen LogP contribution in [0.5, 0.6) is 0 Å². The normalized spacial score (nSPS) is 14.3. The van der Waals surface area contributed by atoms with Crippen molar-refractivity contribution in [1.29, 1.82) is 0 Å². The maximum Gasteiger partial charge on any atom is 0.330 e. The lowest BCUT2D eigenvalue weighted by Crippen LogP contribution is -2.41. The summed E-state index contributed by atoms with van der Waals surface area (Å²) >= 11 is 0. The maximum absolute atomic E-state index is 11.2. The molecule has 0 aromatic carbocycles. The first-order valence-electron chi connectivity index (χ1n) is 7.43. The molecule has 0 spiro atoms. The van der Waals surface area contributed by atoms with E-state index in [-0.39, 0.29) is 17.0 Å². The molecule has 1 atom stereocenters. The van der Waals surface area contributed by atoms with Gasteiger partial charge in [0.15, 0.2) is 14.1 Å². The molecule has 0 saturated carbocycles. The zero-order valence-electron chi connectivity index (χ0n) is 14.5. The van der Waals surface area contributed by atoms with Crippen LogP contribution in [-0.4, -0.2) is 31.0 Å². The van der Waals surface area contributed by atoms with Crippen molar-refractivity contribution in [3.63, 3.8) is 0 Å². The van der Waals surface area contributed by atoms with Crippen LogP contribution in [0, 0.1) is 0 Å². The first kappa shape index (κ1) is 18.6. The molecule has 0 aliphatic heterocycles. The number of nitrogens with zero attached hydrogens (tertiary/aromatic N) is 2. The van der Waals surface area contributed by atoms with Gasteiger partial charge < -0.3 is 13.7 Å². The van der Waals surface area contributed by atoms with Crippen LogP contribution < -0.4 is 0 Å². The van der Waals surface area contributed by atoms with Gasteiger partial charge in [-0.15, -0.1) is 0 Å². The number of carbonyl (C=O) groups is 1. The van der Waals surface area contributed by atoms with Gasteiger partial charge in [-0.1, -0.05) is 25.9 Å². The average Bonchev–Trinajstić information content (AvgIpc) is 2.83. The van der Waals surface area contributed by atoms with Gasteiger partial charge in [0.1, 0.15) is 6.10 Å². The molecule has 0 amide bonds. The quantitative estimate of drug-likeness (QED) is 0.450. The highest BCUT2D eigenvalue weighted by Gasteiger charge is 2.39. The first-order chi connectivity index (χ1) is 10.1. The zero-order valence-corrected chi connectivity index (χ0v) is 15.5. The largest absolute Gasteiger partial charge is 0.463 e. The molecule has 0 N–H and O–H groups in total. The summed E-state index contributed by atoms with van der Waals surface area (Å²) in [5.41, 5.74) is 0. The molecule has 0 saturated heterocycles. The Morgan fingerprint density at radius 3 is 2.59 bits per heavy atom. The Kier molecular flexibility index (Phi) is 6.07. The van der Waals surface area contributed by atoms with Crippen LogP contribution in [0.15, 0.2) is 10.6 Å². The molecule has 1 rings (SSSR count). The Morgan fingerprint density at radius 2 is 2.05 bits per heavy atom. The lowest BCUT2D eigenvalue weighted by atomic mass is 10.2. The lowest BCUT2D eigenvalue weighted by molar-refractivity contribution is -0.137. The first-order valence-corrected chi connectivity index (χ1v) is 10.3. The van der Waals surface area contributed by atoms with Gasteiger partial charge in [0.2, 0.25) is 0 Å². The Morgan fingerprint density at radius 1 is 1.41 bits per heavy atom. The van der Waals surface area contributed by atoms with Gasteiger partial charge in [0.25, 0.3) is 5.89 Å². The van der Waals surface area contributed by atoms with Crippen LogP contribution in [-0.2, 0) is 14.0 Å². The van der Waals surface area contributed by atoms with Crippen LogP contribution in [0.3, 0.4) is 0 Å². The molecule has 1 heterocycles. The third-order valence-corrected chi connectivity index (χ3v) is 8.30. The van der Waals surface area contributed by atoms with Crippen molar-refractivity contribution in [3.05, 3.63) is 17.8 Å². The molecular weight excluding hydrogens is 300 g/mol. The monoisotopic (exact) mass is 326 g/mol. The smallest absolute Gasteiger partial charge is 0.330 e. The second-order valence-corrected chi connectivity index (χ2v) is 11.4. The summed E-state index contributed by atoms with van der Waals surface area (Å²) in [5, 5.41) is 4.02. The topological polar surface area (TPSA) is 74.5 Å². The molecule has 0 unspecified atom stereocenters. The number of rotatable bonds is 6. The molecule has 0 bridgehead atoms. The number of hydrogen-bond acceptors (Lipinski definition) is 6. The van der Waals surface area contributed by atoms with Crippen LogP contribution in [0.1, 0.15) is 52.4 Å². The molecule has 0 aliphatic rings. The molecule has 0 aliphatic carbocycles.